The quantitative estimate of drug-likeness (QED) is 0.0311. The fraction of sp³-hybridized carbons (Fsp3) is 0.210. The van der Waals surface area contributed by atoms with E-state index in [1.54, 1.807) is 110 Å². The standard InChI is InChI=1S/C23H20F3NO5S.C20H19NO4S2.C19H23NO4S/c24-23(25,26)32-19-12-14-20(15-13-19)33(30,31)27-21-7-2-1-5-17(21)6-3-4-16-8-10-18(11-9-16)22(28)29;22-20(23)17-12-10-15(11-13-17)5-3-7-16-6-1-2-8-18(16)21-27(24,25)19-9-4-14-26-19;1-14(2)25(23,24)20-18-9-4-3-7-16(18)8-5-6-15-10-12-17(13-11-15)19(21)22/h1-2,5,7-15,27H,3-4,6H2,(H,28,29);1-2,4,6,8-14,21H,3,5,7H2,(H,22,23);3-4,7,9-14,20H,5-6,8H2,1-2H3,(H,21,22). The lowest BCUT2D eigenvalue weighted by Gasteiger charge is -2.14. The number of carbonyl (C=O) groups is 3. The Labute approximate surface area is 496 Å². The molecule has 0 unspecified atom stereocenters. The maximum Gasteiger partial charge on any atom is 0.573 e. The van der Waals surface area contributed by atoms with Crippen LogP contribution in [0.15, 0.2) is 196 Å². The van der Waals surface area contributed by atoms with Crippen LogP contribution in [0.1, 0.15) is 97.6 Å². The molecule has 8 aromatic rings. The second-order valence-electron chi connectivity index (χ2n) is 19.4. The van der Waals surface area contributed by atoms with E-state index in [4.69, 9.17) is 15.3 Å². The predicted molar refractivity (Wildman–Crippen MR) is 322 cm³/mol. The van der Waals surface area contributed by atoms with Crippen LogP contribution in [0.4, 0.5) is 30.2 Å². The topological polar surface area (TPSA) is 260 Å². The van der Waals surface area contributed by atoms with Crippen LogP contribution in [0.2, 0.25) is 0 Å². The number of sulfonamides is 3. The van der Waals surface area contributed by atoms with Gasteiger partial charge in [0.2, 0.25) is 10.0 Å². The SMILES string of the molecule is CC(C)S(=O)(=O)Nc1ccccc1CCCc1ccc(C(=O)O)cc1.O=C(O)c1ccc(CCCc2ccccc2NS(=O)(=O)c2ccc(OC(F)(F)F)cc2)cc1.O=C(O)c1ccc(CCCc2ccccc2NS(=O)(=O)c2cccs2)cc1. The van der Waals surface area contributed by atoms with Crippen molar-refractivity contribution in [1.29, 1.82) is 0 Å². The van der Waals surface area contributed by atoms with Gasteiger partial charge < -0.3 is 20.1 Å². The van der Waals surface area contributed by atoms with Crippen LogP contribution in [-0.4, -0.2) is 70.1 Å². The first-order valence-corrected chi connectivity index (χ1v) is 31.8. The minimum absolute atomic E-state index is 0.203. The van der Waals surface area contributed by atoms with Gasteiger partial charge in [0.25, 0.3) is 20.0 Å². The second kappa shape index (κ2) is 30.3. The van der Waals surface area contributed by atoms with E-state index in [-0.39, 0.29) is 25.8 Å². The molecule has 0 aliphatic rings. The number of alkyl halides is 3. The number of aryl methyl sites for hydroxylation is 6. The zero-order chi connectivity index (χ0) is 61.8. The van der Waals surface area contributed by atoms with Crippen molar-refractivity contribution in [2.75, 3.05) is 14.2 Å². The summed E-state index contributed by atoms with van der Waals surface area (Å²) in [4.78, 5) is 32.5. The molecule has 0 saturated heterocycles. The highest BCUT2D eigenvalue weighted by Crippen LogP contribution is 2.28. The monoisotopic (exact) mass is 1240 g/mol. The zero-order valence-corrected chi connectivity index (χ0v) is 49.3. The Morgan fingerprint density at radius 2 is 0.812 bits per heavy atom. The molecule has 448 valence electrons. The highest BCUT2D eigenvalue weighted by atomic mass is 32.2. The molecule has 0 aliphatic carbocycles. The van der Waals surface area contributed by atoms with Crippen molar-refractivity contribution in [3.8, 4) is 5.75 Å². The van der Waals surface area contributed by atoms with Gasteiger partial charge in [0.05, 0.1) is 43.9 Å². The lowest BCUT2D eigenvalue weighted by Crippen LogP contribution is -2.23. The lowest BCUT2D eigenvalue weighted by atomic mass is 10.0. The Kier molecular flexibility index (Phi) is 23.4. The Balaban J connectivity index is 0.000000207. The Bertz CT molecular complexity index is 3850. The van der Waals surface area contributed by atoms with E-state index in [0.717, 1.165) is 89.8 Å². The van der Waals surface area contributed by atoms with Gasteiger partial charge in [0.1, 0.15) is 9.96 Å². The van der Waals surface area contributed by atoms with E-state index in [2.05, 4.69) is 18.9 Å². The molecule has 0 atom stereocenters. The number of ether oxygens (including phenoxy) is 1. The van der Waals surface area contributed by atoms with Crippen LogP contribution in [0.5, 0.6) is 5.75 Å². The van der Waals surface area contributed by atoms with E-state index in [0.29, 0.717) is 42.7 Å². The molecule has 0 spiro atoms. The number of para-hydroxylation sites is 3. The minimum atomic E-state index is -4.87. The molecule has 0 fully saturated rings. The summed E-state index contributed by atoms with van der Waals surface area (Å²) in [6.07, 6.45) is 1.74. The fourth-order valence-corrected chi connectivity index (χ4v) is 12.2. The van der Waals surface area contributed by atoms with Crippen LogP contribution in [0, 0.1) is 0 Å². The summed E-state index contributed by atoms with van der Waals surface area (Å²) in [6, 6.07) is 49.0. The van der Waals surface area contributed by atoms with Crippen molar-refractivity contribution in [2.45, 2.75) is 92.4 Å². The van der Waals surface area contributed by atoms with Gasteiger partial charge in [0, 0.05) is 0 Å². The molecular formula is C62H62F3N3O13S4. The van der Waals surface area contributed by atoms with Gasteiger partial charge in [-0.1, -0.05) is 97.1 Å². The second-order valence-corrected chi connectivity index (χ2v) is 26.2. The van der Waals surface area contributed by atoms with Crippen LogP contribution in [0.3, 0.4) is 0 Å². The number of aromatic carboxylic acids is 3. The molecule has 1 aromatic heterocycles. The molecular weight excluding hydrogens is 1180 g/mol. The van der Waals surface area contributed by atoms with Crippen molar-refractivity contribution >= 4 is 76.4 Å². The highest BCUT2D eigenvalue weighted by Gasteiger charge is 2.31. The number of nitrogens with one attached hydrogen (secondary N) is 3. The molecule has 0 saturated carbocycles. The van der Waals surface area contributed by atoms with Gasteiger partial charge in [-0.15, -0.1) is 24.5 Å². The van der Waals surface area contributed by atoms with Crippen LogP contribution in [0.25, 0.3) is 0 Å². The van der Waals surface area contributed by atoms with Gasteiger partial charge in [-0.25, -0.2) is 39.6 Å². The number of carboxylic acid groups (broad SMARTS) is 3. The first-order chi connectivity index (χ1) is 40.3. The molecule has 85 heavy (non-hydrogen) atoms. The molecule has 1 heterocycles. The molecule has 0 bridgehead atoms. The van der Waals surface area contributed by atoms with E-state index < -0.39 is 65.3 Å². The van der Waals surface area contributed by atoms with Crippen LogP contribution >= 0.6 is 11.3 Å². The van der Waals surface area contributed by atoms with Gasteiger partial charge in [0.15, 0.2) is 0 Å². The molecule has 8 rings (SSSR count). The number of hydrogen-bond acceptors (Lipinski definition) is 11. The molecule has 7 aromatic carbocycles. The predicted octanol–water partition coefficient (Wildman–Crippen LogP) is 13.4. The summed E-state index contributed by atoms with van der Waals surface area (Å²) in [6.45, 7) is 3.29. The number of thiophene rings is 1. The average molecular weight is 1240 g/mol. The molecule has 23 heteroatoms. The van der Waals surface area contributed by atoms with E-state index in [1.165, 1.54) is 23.5 Å². The first-order valence-electron chi connectivity index (χ1n) is 26.5. The molecule has 6 N–H and O–H groups in total. The van der Waals surface area contributed by atoms with Gasteiger partial charge in [-0.05, 0) is 195 Å². The fourth-order valence-electron chi connectivity index (χ4n) is 8.31. The molecule has 0 amide bonds. The normalized spacial score (nSPS) is 11.5. The molecule has 16 nitrogen and oxygen atoms in total. The summed E-state index contributed by atoms with van der Waals surface area (Å²) in [5, 5.41) is 28.0. The zero-order valence-electron chi connectivity index (χ0n) is 46.0. The smallest absolute Gasteiger partial charge is 0.478 e. The summed E-state index contributed by atoms with van der Waals surface area (Å²) >= 11 is 1.18. The van der Waals surface area contributed by atoms with E-state index in [9.17, 15) is 52.8 Å². The number of benzene rings is 7. The number of hydrogen-bond donors (Lipinski definition) is 6. The van der Waals surface area contributed by atoms with Crippen molar-refractivity contribution in [3.63, 3.8) is 0 Å². The summed E-state index contributed by atoms with van der Waals surface area (Å²) in [7, 11) is -11.0. The first kappa shape index (κ1) is 65.6. The van der Waals surface area contributed by atoms with Crippen LogP contribution in [-0.2, 0) is 68.6 Å². The number of carboxylic acids is 3. The third-order valence-corrected chi connectivity index (χ3v) is 18.8. The maximum atomic E-state index is 12.7. The summed E-state index contributed by atoms with van der Waals surface area (Å²) in [5.74, 6) is -3.38. The van der Waals surface area contributed by atoms with Gasteiger partial charge >= 0.3 is 24.3 Å². The van der Waals surface area contributed by atoms with Crippen molar-refractivity contribution in [1.82, 2.24) is 0 Å². The third kappa shape index (κ3) is 21.0. The summed E-state index contributed by atoms with van der Waals surface area (Å²) in [5.41, 5.74) is 8.04. The van der Waals surface area contributed by atoms with Gasteiger partial charge in [-0.3, -0.25) is 14.2 Å². The van der Waals surface area contributed by atoms with Crippen LogP contribution < -0.4 is 18.9 Å². The minimum Gasteiger partial charge on any atom is -0.478 e. The summed E-state index contributed by atoms with van der Waals surface area (Å²) < 4.78 is 123. The highest BCUT2D eigenvalue weighted by molar-refractivity contribution is 7.94. The van der Waals surface area contributed by atoms with Crippen molar-refractivity contribution in [2.24, 2.45) is 0 Å². The largest absolute Gasteiger partial charge is 0.573 e. The third-order valence-electron chi connectivity index (χ3n) is 12.9. The lowest BCUT2D eigenvalue weighted by molar-refractivity contribution is -0.274. The Morgan fingerprint density at radius 1 is 0.459 bits per heavy atom. The number of halogens is 3. The Hall–Kier alpha value is -8.51. The van der Waals surface area contributed by atoms with E-state index in [1.807, 2.05) is 54.6 Å². The number of anilines is 3. The molecule has 0 radical (unpaired) electrons. The Morgan fingerprint density at radius 3 is 1.14 bits per heavy atom. The number of rotatable bonds is 25. The van der Waals surface area contributed by atoms with Gasteiger partial charge in [-0.2, -0.15) is 0 Å². The average Bonchev–Trinajstić information content (AvgIpc) is 4.26. The maximum absolute atomic E-state index is 12.7. The van der Waals surface area contributed by atoms with E-state index >= 15 is 0 Å². The van der Waals surface area contributed by atoms with Crippen molar-refractivity contribution in [3.05, 3.63) is 237 Å². The van der Waals surface area contributed by atoms with Crippen molar-refractivity contribution < 1.29 is 72.9 Å². The molecule has 0 aliphatic heterocycles.